The molecule has 0 aromatic carbocycles. The van der Waals surface area contributed by atoms with Crippen LogP contribution in [0.4, 0.5) is 0 Å². The van der Waals surface area contributed by atoms with E-state index in [-0.39, 0.29) is 36.5 Å². The topological polar surface area (TPSA) is 150 Å². The second-order valence-corrected chi connectivity index (χ2v) is 12.4. The van der Waals surface area contributed by atoms with Crippen LogP contribution in [0.15, 0.2) is 0 Å². The molecular weight excluding hydrogens is 656 g/mol. The lowest BCUT2D eigenvalue weighted by Crippen LogP contribution is -2.46. The van der Waals surface area contributed by atoms with Gasteiger partial charge >= 0.3 is 5.97 Å². The van der Waals surface area contributed by atoms with E-state index in [1.807, 2.05) is 0 Å². The minimum atomic E-state index is -0.962. The van der Waals surface area contributed by atoms with E-state index in [1.165, 1.54) is 0 Å². The highest BCUT2D eigenvalue weighted by molar-refractivity contribution is 14.1. The highest BCUT2D eigenvalue weighted by Gasteiger charge is 2.40. The van der Waals surface area contributed by atoms with Crippen molar-refractivity contribution in [3.63, 3.8) is 0 Å². The predicted octanol–water partition coefficient (Wildman–Crippen LogP) is 3.62. The molecule has 2 aliphatic carbocycles. The Bertz CT molecular complexity index is 484. The Morgan fingerprint density at radius 3 is 1.97 bits per heavy atom. The van der Waals surface area contributed by atoms with Crippen LogP contribution < -0.4 is 5.73 Å². The Morgan fingerprint density at radius 1 is 1.00 bits per heavy atom. The van der Waals surface area contributed by atoms with Crippen molar-refractivity contribution >= 4 is 75.2 Å². The number of carboxylic acid groups (broad SMARTS) is 1. The molecule has 2 rings (SSSR count). The fourth-order valence-electron chi connectivity index (χ4n) is 3.86. The van der Waals surface area contributed by atoms with Crippen LogP contribution in [0.3, 0.4) is 0 Å². The average molecular weight is 681 g/mol. The largest absolute Gasteiger partial charge is 0.480 e. The summed E-state index contributed by atoms with van der Waals surface area (Å²) in [6, 6.07) is -0.832. The van der Waals surface area contributed by atoms with Gasteiger partial charge in [-0.05, 0) is 44.4 Å². The molecule has 29 heavy (non-hydrogen) atoms. The number of aliphatic carboxylic acids is 1. The lowest BCUT2D eigenvalue weighted by molar-refractivity contribution is -0.432. The Labute approximate surface area is 204 Å². The van der Waals surface area contributed by atoms with Crippen molar-refractivity contribution in [1.82, 2.24) is 0 Å². The Kier molecular flexibility index (Phi) is 12.6. The van der Waals surface area contributed by atoms with Crippen molar-refractivity contribution in [2.45, 2.75) is 75.1 Å². The Hall–Kier alpha value is 1.31. The molecule has 0 spiro atoms. The molecule has 0 saturated heterocycles. The van der Waals surface area contributed by atoms with E-state index in [4.69, 9.17) is 26.1 Å². The number of halogens is 2. The number of hydrogen-bond donors (Lipinski definition) is 4. The van der Waals surface area contributed by atoms with E-state index >= 15 is 0 Å². The molecule has 0 aromatic heterocycles. The zero-order valence-electron chi connectivity index (χ0n) is 15.3. The second-order valence-electron chi connectivity index (χ2n) is 7.20. The van der Waals surface area contributed by atoms with Gasteiger partial charge in [-0.1, -0.05) is 55.3 Å². The van der Waals surface area contributed by atoms with Gasteiger partial charge < -0.3 is 15.6 Å². The van der Waals surface area contributed by atoms with Gasteiger partial charge in [0.05, 0.1) is 12.2 Å². The third kappa shape index (κ3) is 8.99. The number of nitrogens with two attached hydrogens (primary N) is 1. The third-order valence-corrected chi connectivity index (χ3v) is 9.10. The summed E-state index contributed by atoms with van der Waals surface area (Å²) in [7, 11) is 0. The van der Waals surface area contributed by atoms with Crippen LogP contribution in [-0.2, 0) is 28.3 Å². The summed E-state index contributed by atoms with van der Waals surface area (Å²) in [6.07, 6.45) is 4.26. The van der Waals surface area contributed by atoms with E-state index in [2.05, 4.69) is 63.9 Å². The van der Waals surface area contributed by atoms with Crippen molar-refractivity contribution in [3.05, 3.63) is 0 Å². The maximum atomic E-state index is 11.0. The molecule has 2 fully saturated rings. The van der Waals surface area contributed by atoms with Crippen LogP contribution in [0.5, 0.6) is 0 Å². The third-order valence-electron chi connectivity index (χ3n) is 5.07. The molecule has 0 bridgehead atoms. The zero-order valence-corrected chi connectivity index (χ0v) is 21.3. The van der Waals surface area contributed by atoms with Crippen molar-refractivity contribution in [3.8, 4) is 0 Å². The smallest absolute Gasteiger partial charge is 0.320 e. The van der Waals surface area contributed by atoms with Gasteiger partial charge in [0.25, 0.3) is 0 Å². The SMILES string of the molecule is NC(CC1CC(I)C(OC2CC(SOOO)CC(SOOO)C2)C(I)C1)C(=O)O. The Morgan fingerprint density at radius 2 is 1.52 bits per heavy atom. The fraction of sp³-hybridized carbons (Fsp3) is 0.933. The van der Waals surface area contributed by atoms with Crippen LogP contribution in [0.25, 0.3) is 0 Å². The van der Waals surface area contributed by atoms with Gasteiger partial charge in [-0.15, -0.1) is 8.67 Å². The number of carboxylic acids is 1. The Balaban J connectivity index is 1.92. The van der Waals surface area contributed by atoms with Gasteiger partial charge in [-0.2, -0.15) is 0 Å². The molecule has 0 aromatic rings. The second kappa shape index (κ2) is 13.8. The number of carbonyl (C=O) groups is 1. The molecule has 0 heterocycles. The number of alkyl halides is 2. The van der Waals surface area contributed by atoms with Crippen molar-refractivity contribution < 1.29 is 43.9 Å². The van der Waals surface area contributed by atoms with Gasteiger partial charge in [0.1, 0.15) is 6.04 Å². The molecule has 0 radical (unpaired) electrons. The first kappa shape index (κ1) is 26.6. The lowest BCUT2D eigenvalue weighted by Gasteiger charge is -2.41. The quantitative estimate of drug-likeness (QED) is 0.0830. The first-order chi connectivity index (χ1) is 13.8. The standard InChI is InChI=1S/C15H25I2NO9S2/c16-11-1-7(3-13(18)15(19)20)2-12(17)14(11)23-8-4-9(28-26-24-21)6-10(5-8)29-27-25-22/h7-14,21-22H,1-6,18H2,(H,19,20). The summed E-state index contributed by atoms with van der Waals surface area (Å²) in [5, 5.41) is 33.3. The maximum absolute atomic E-state index is 11.0. The van der Waals surface area contributed by atoms with Gasteiger partial charge in [-0.25, -0.2) is 10.5 Å². The van der Waals surface area contributed by atoms with Gasteiger partial charge in [0.15, 0.2) is 0 Å². The van der Waals surface area contributed by atoms with E-state index in [0.717, 1.165) is 36.9 Å². The molecule has 0 amide bonds. The first-order valence-electron chi connectivity index (χ1n) is 9.03. The molecule has 10 nitrogen and oxygen atoms in total. The van der Waals surface area contributed by atoms with E-state index in [9.17, 15) is 4.79 Å². The van der Waals surface area contributed by atoms with Crippen LogP contribution in [0.1, 0.15) is 38.5 Å². The number of hydrogen-bond acceptors (Lipinski definition) is 11. The summed E-state index contributed by atoms with van der Waals surface area (Å²) < 4.78 is 16.1. The van der Waals surface area contributed by atoms with Crippen LogP contribution in [0.2, 0.25) is 0 Å². The van der Waals surface area contributed by atoms with Gasteiger partial charge in [0.2, 0.25) is 0 Å². The minimum absolute atomic E-state index is 0.00548. The highest BCUT2D eigenvalue weighted by Crippen LogP contribution is 2.42. The van der Waals surface area contributed by atoms with E-state index in [0.29, 0.717) is 25.7 Å². The highest BCUT2D eigenvalue weighted by atomic mass is 127. The summed E-state index contributed by atoms with van der Waals surface area (Å²) >= 11 is 6.79. The van der Waals surface area contributed by atoms with E-state index in [1.54, 1.807) is 0 Å². The number of rotatable bonds is 11. The molecule has 5 N–H and O–H groups in total. The fourth-order valence-corrected chi connectivity index (χ4v) is 9.05. The number of ether oxygens (including phenoxy) is 1. The van der Waals surface area contributed by atoms with Gasteiger partial charge in [0, 0.05) is 42.4 Å². The summed E-state index contributed by atoms with van der Waals surface area (Å²) in [5.41, 5.74) is 5.71. The van der Waals surface area contributed by atoms with Crippen LogP contribution in [0, 0.1) is 5.92 Å². The molecule has 5 unspecified atom stereocenters. The molecule has 0 aliphatic heterocycles. The molecule has 5 atom stereocenters. The van der Waals surface area contributed by atoms with Crippen molar-refractivity contribution in [2.75, 3.05) is 0 Å². The summed E-state index contributed by atoms with van der Waals surface area (Å²) in [5.74, 6) is -0.705. The first-order valence-corrected chi connectivity index (χ1v) is 13.1. The zero-order chi connectivity index (χ0) is 21.4. The molecular formula is C15H25I2NO9S2. The van der Waals surface area contributed by atoms with E-state index < -0.39 is 12.0 Å². The monoisotopic (exact) mass is 681 g/mol. The average Bonchev–Trinajstić information content (AvgIpc) is 2.67. The summed E-state index contributed by atoms with van der Waals surface area (Å²) in [4.78, 5) is 11.0. The van der Waals surface area contributed by atoms with Crippen molar-refractivity contribution in [1.29, 1.82) is 0 Å². The molecule has 2 aliphatic rings. The summed E-state index contributed by atoms with van der Waals surface area (Å²) in [6.45, 7) is 0. The normalized spacial score (nSPS) is 36.7. The van der Waals surface area contributed by atoms with Gasteiger partial charge in [-0.3, -0.25) is 4.79 Å². The maximum Gasteiger partial charge on any atom is 0.320 e. The lowest BCUT2D eigenvalue weighted by atomic mass is 9.83. The molecule has 14 heteroatoms. The minimum Gasteiger partial charge on any atom is -0.480 e. The molecule has 2 saturated carbocycles. The van der Waals surface area contributed by atoms with Crippen LogP contribution in [-0.4, -0.2) is 58.2 Å². The van der Waals surface area contributed by atoms with Crippen molar-refractivity contribution in [2.24, 2.45) is 11.7 Å². The molecule has 170 valence electrons. The predicted molar refractivity (Wildman–Crippen MR) is 123 cm³/mol. The van der Waals surface area contributed by atoms with Crippen LogP contribution >= 0.6 is 69.3 Å².